The van der Waals surface area contributed by atoms with Crippen molar-refractivity contribution in [2.75, 3.05) is 6.61 Å². The first kappa shape index (κ1) is 25.5. The molecule has 1 aromatic rings. The Balaban J connectivity index is 2.08. The maximum absolute atomic E-state index is 11.8. The number of rotatable bonds is 8. The molecule has 0 aromatic carbocycles. The molecule has 172 valence electrons. The van der Waals surface area contributed by atoms with Crippen LogP contribution in [0.3, 0.4) is 0 Å². The molecule has 6 atom stereocenters. The van der Waals surface area contributed by atoms with E-state index < -0.39 is 54.5 Å². The average Bonchev–Trinajstić information content (AvgIpc) is 2.81. The molecule has 1 aromatic heterocycles. The zero-order chi connectivity index (χ0) is 23.1. The van der Waals surface area contributed by atoms with Crippen LogP contribution in [0.5, 0.6) is 0 Å². The number of H-pyrrole nitrogens is 1. The van der Waals surface area contributed by atoms with E-state index in [2.05, 4.69) is 18.1 Å². The molecule has 0 amide bonds. The Morgan fingerprint density at radius 1 is 1.03 bits per heavy atom. The van der Waals surface area contributed by atoms with Crippen molar-refractivity contribution in [3.8, 4) is 0 Å². The van der Waals surface area contributed by atoms with Gasteiger partial charge in [0.2, 0.25) is 0 Å². The summed E-state index contributed by atoms with van der Waals surface area (Å²) in [6, 6.07) is 1.43. The number of phosphoric acid groups is 3. The van der Waals surface area contributed by atoms with Gasteiger partial charge in [0.25, 0.3) is 5.56 Å². The number of aliphatic hydroxyl groups excluding tert-OH is 2. The van der Waals surface area contributed by atoms with E-state index >= 15 is 0 Å². The van der Waals surface area contributed by atoms with Gasteiger partial charge >= 0.3 is 23.5 Å². The summed E-state index contributed by atoms with van der Waals surface area (Å²) >= 11 is 0. The fraction of sp³-hybridized carbons (Fsp3) is 0.583. The van der Waals surface area contributed by atoms with Crippen molar-refractivity contribution in [2.24, 2.45) is 0 Å². The Labute approximate surface area is 168 Å². The van der Waals surface area contributed by atoms with E-state index in [9.17, 15) is 33.6 Å². The number of hydrogen-bond acceptors (Lipinski definition) is 10. The molecule has 2 rings (SSSR count). The van der Waals surface area contributed by atoms with E-state index in [4.69, 9.17) is 19.4 Å². The zero-order valence-corrected chi connectivity index (χ0v) is 18.1. The van der Waals surface area contributed by atoms with Gasteiger partial charge in [-0.05, 0) is 19.9 Å². The maximum atomic E-state index is 11.8. The third kappa shape index (κ3) is 6.62. The van der Waals surface area contributed by atoms with Gasteiger partial charge in [-0.1, -0.05) is 0 Å². The van der Waals surface area contributed by atoms with Crippen molar-refractivity contribution in [1.82, 2.24) is 4.98 Å². The highest BCUT2D eigenvalue weighted by molar-refractivity contribution is 7.66. The fourth-order valence-electron chi connectivity index (χ4n) is 2.66. The third-order valence-corrected chi connectivity index (χ3v) is 7.75. The van der Waals surface area contributed by atoms with Gasteiger partial charge < -0.3 is 39.5 Å². The van der Waals surface area contributed by atoms with Crippen LogP contribution in [-0.2, 0) is 31.6 Å². The summed E-state index contributed by atoms with van der Waals surface area (Å²) in [4.78, 5) is 49.7. The van der Waals surface area contributed by atoms with E-state index in [0.29, 0.717) is 16.8 Å². The van der Waals surface area contributed by atoms with Gasteiger partial charge in [0.15, 0.2) is 0 Å². The van der Waals surface area contributed by atoms with Crippen LogP contribution in [0.15, 0.2) is 10.9 Å². The Morgan fingerprint density at radius 2 is 1.63 bits per heavy atom. The van der Waals surface area contributed by atoms with E-state index in [1.165, 1.54) is 19.9 Å². The topological polar surface area (TPSA) is 242 Å². The van der Waals surface area contributed by atoms with Gasteiger partial charge in [0.05, 0.1) is 6.61 Å². The summed E-state index contributed by atoms with van der Waals surface area (Å²) in [6.45, 7) is 2.10. The predicted molar refractivity (Wildman–Crippen MR) is 96.0 cm³/mol. The van der Waals surface area contributed by atoms with Crippen LogP contribution in [0.4, 0.5) is 0 Å². The summed E-state index contributed by atoms with van der Waals surface area (Å²) in [6.07, 6.45) is -5.72. The molecule has 0 saturated carbocycles. The van der Waals surface area contributed by atoms with Crippen LogP contribution in [0, 0.1) is 13.8 Å². The maximum Gasteiger partial charge on any atom is 0.490 e. The zero-order valence-electron chi connectivity index (χ0n) is 15.4. The molecule has 2 heterocycles. The average molecular weight is 495 g/mol. The summed E-state index contributed by atoms with van der Waals surface area (Å²) in [5.74, 6) is 0. The number of phosphoric ester groups is 1. The third-order valence-electron chi connectivity index (χ3n) is 3.95. The highest BCUT2D eigenvalue weighted by Gasteiger charge is 2.46. The first-order valence-corrected chi connectivity index (χ1v) is 12.5. The van der Waals surface area contributed by atoms with Crippen LogP contribution >= 0.6 is 23.5 Å². The van der Waals surface area contributed by atoms with Crippen molar-refractivity contribution in [3.05, 3.63) is 33.2 Å². The molecule has 0 bridgehead atoms. The minimum Gasteiger partial charge on any atom is -0.387 e. The van der Waals surface area contributed by atoms with Crippen molar-refractivity contribution in [2.45, 2.75) is 38.3 Å². The molecule has 3 unspecified atom stereocenters. The predicted octanol–water partition coefficient (Wildman–Crippen LogP) is -0.503. The largest absolute Gasteiger partial charge is 0.490 e. The Hall–Kier alpha value is -0.760. The molecule has 1 fully saturated rings. The number of aromatic nitrogens is 1. The molecule has 7 N–H and O–H groups in total. The summed E-state index contributed by atoms with van der Waals surface area (Å²) in [5.41, 5.74) is 0.612. The second-order valence-corrected chi connectivity index (χ2v) is 10.7. The number of ether oxygens (including phenoxy) is 1. The summed E-state index contributed by atoms with van der Waals surface area (Å²) in [5, 5.41) is 20.3. The second kappa shape index (κ2) is 9.00. The standard InChI is InChI=1S/C12H20NO14P3/c1-5-3-7(6(2)13-12(5)16)11-10(15)9(14)8(25-11)4-24-29(20,21)27-30(22,23)26-28(17,18)19/h3,8-11,14-15H,4H2,1-2H3,(H,13,16)(H,20,21)(H,22,23)(H2,17,18,19)/t8-,9?,10+,11+/m1/s1. The lowest BCUT2D eigenvalue weighted by atomic mass is 9.99. The van der Waals surface area contributed by atoms with Crippen LogP contribution in [0.1, 0.15) is 22.9 Å². The molecule has 1 saturated heterocycles. The quantitative estimate of drug-likeness (QED) is 0.225. The molecule has 0 radical (unpaired) electrons. The lowest BCUT2D eigenvalue weighted by molar-refractivity contribution is -0.0225. The monoisotopic (exact) mass is 495 g/mol. The normalized spacial score (nSPS) is 28.8. The summed E-state index contributed by atoms with van der Waals surface area (Å²) < 4.78 is 50.6. The number of aliphatic hydroxyl groups is 2. The van der Waals surface area contributed by atoms with Gasteiger partial charge in [0.1, 0.15) is 24.4 Å². The highest BCUT2D eigenvalue weighted by Crippen LogP contribution is 2.66. The van der Waals surface area contributed by atoms with E-state index in [-0.39, 0.29) is 5.56 Å². The lowest BCUT2D eigenvalue weighted by Gasteiger charge is -2.19. The Bertz CT molecular complexity index is 987. The molecule has 1 aliphatic heterocycles. The van der Waals surface area contributed by atoms with Crippen molar-refractivity contribution < 1.29 is 61.4 Å². The molecular formula is C12H20NO14P3. The Kier molecular flexibility index (Phi) is 7.65. The smallest absolute Gasteiger partial charge is 0.387 e. The number of aromatic amines is 1. The van der Waals surface area contributed by atoms with E-state index in [1.54, 1.807) is 0 Å². The molecular weight excluding hydrogens is 475 g/mol. The van der Waals surface area contributed by atoms with E-state index in [0.717, 1.165) is 0 Å². The van der Waals surface area contributed by atoms with Crippen molar-refractivity contribution in [1.29, 1.82) is 0 Å². The molecule has 15 nitrogen and oxygen atoms in total. The number of aryl methyl sites for hydroxylation is 2. The van der Waals surface area contributed by atoms with Gasteiger partial charge in [-0.25, -0.2) is 13.7 Å². The highest BCUT2D eigenvalue weighted by atomic mass is 31.3. The first-order valence-electron chi connectivity index (χ1n) is 8.02. The molecule has 30 heavy (non-hydrogen) atoms. The van der Waals surface area contributed by atoms with Crippen LogP contribution in [0.25, 0.3) is 0 Å². The minimum absolute atomic E-state index is 0.303. The number of pyridine rings is 1. The minimum atomic E-state index is -5.69. The SMILES string of the molecule is Cc1[nH]c(=O)c(C)cc1[C@@H]1O[C@H](COP(=O)(O)OP(=O)(O)OP(=O)(O)O)C(O)[C@@H]1O. The summed E-state index contributed by atoms with van der Waals surface area (Å²) in [7, 11) is -16.6. The van der Waals surface area contributed by atoms with Gasteiger partial charge in [-0.2, -0.15) is 8.62 Å². The molecule has 1 aliphatic rings. The van der Waals surface area contributed by atoms with Crippen LogP contribution < -0.4 is 5.56 Å². The Morgan fingerprint density at radius 3 is 2.20 bits per heavy atom. The second-order valence-electron chi connectivity index (χ2n) is 6.32. The first-order chi connectivity index (χ1) is 13.5. The van der Waals surface area contributed by atoms with Gasteiger partial charge in [-0.3, -0.25) is 9.32 Å². The molecule has 0 spiro atoms. The lowest BCUT2D eigenvalue weighted by Crippen LogP contribution is -2.33. The molecule has 18 heteroatoms. The fourth-order valence-corrected chi connectivity index (χ4v) is 5.69. The van der Waals surface area contributed by atoms with Gasteiger partial charge in [-0.15, -0.1) is 0 Å². The van der Waals surface area contributed by atoms with Gasteiger partial charge in [0, 0.05) is 16.8 Å². The number of nitrogens with one attached hydrogen (secondary N) is 1. The van der Waals surface area contributed by atoms with Crippen LogP contribution in [-0.4, -0.2) is 59.7 Å². The van der Waals surface area contributed by atoms with E-state index in [1.807, 2.05) is 0 Å². The van der Waals surface area contributed by atoms with Crippen LogP contribution in [0.2, 0.25) is 0 Å². The van der Waals surface area contributed by atoms with Crippen molar-refractivity contribution >= 4 is 23.5 Å². The molecule has 0 aliphatic carbocycles. The van der Waals surface area contributed by atoms with Crippen molar-refractivity contribution in [3.63, 3.8) is 0 Å². The number of hydrogen-bond donors (Lipinski definition) is 7.